The largest absolute Gasteiger partial charge is 0.488 e. The Kier molecular flexibility index (Phi) is 5.18. The fourth-order valence-corrected chi connectivity index (χ4v) is 3.86. The quantitative estimate of drug-likeness (QED) is 0.540. The fraction of sp³-hybridized carbons (Fsp3) is 0.143. The van der Waals surface area contributed by atoms with Crippen molar-refractivity contribution in [2.75, 3.05) is 6.61 Å². The van der Waals surface area contributed by atoms with Gasteiger partial charge in [-0.15, -0.1) is 11.3 Å². The van der Waals surface area contributed by atoms with Gasteiger partial charge in [-0.2, -0.15) is 0 Å². The van der Waals surface area contributed by atoms with E-state index in [0.717, 1.165) is 11.1 Å². The number of ether oxygens (including phenoxy) is 1. The van der Waals surface area contributed by atoms with Crippen molar-refractivity contribution in [2.45, 2.75) is 12.6 Å². The molecule has 0 saturated heterocycles. The Balaban J connectivity index is 1.57. The lowest BCUT2D eigenvalue weighted by Crippen LogP contribution is -2.30. The molecule has 0 bridgehead atoms. The van der Waals surface area contributed by atoms with Crippen molar-refractivity contribution in [3.8, 4) is 16.9 Å². The maximum atomic E-state index is 13.6. The van der Waals surface area contributed by atoms with Crippen molar-refractivity contribution in [1.29, 1.82) is 0 Å². The van der Waals surface area contributed by atoms with Crippen LogP contribution in [0.2, 0.25) is 0 Å². The van der Waals surface area contributed by atoms with Crippen LogP contribution in [0.25, 0.3) is 21.3 Å². The predicted octanol–water partition coefficient (Wildman–Crippen LogP) is 3.70. The van der Waals surface area contributed by atoms with Crippen LogP contribution in [0.4, 0.5) is 4.39 Å². The van der Waals surface area contributed by atoms with E-state index in [4.69, 9.17) is 4.74 Å². The molecule has 0 fully saturated rings. The number of hydrogen-bond donors (Lipinski definition) is 1. The molecule has 0 radical (unpaired) electrons. The van der Waals surface area contributed by atoms with Gasteiger partial charge in [-0.3, -0.25) is 9.36 Å². The van der Waals surface area contributed by atoms with Gasteiger partial charge in [0.15, 0.2) is 11.6 Å². The monoisotopic (exact) mass is 396 g/mol. The first-order valence-electron chi connectivity index (χ1n) is 8.71. The van der Waals surface area contributed by atoms with Gasteiger partial charge in [-0.25, -0.2) is 9.37 Å². The van der Waals surface area contributed by atoms with Crippen molar-refractivity contribution in [3.63, 3.8) is 0 Å². The summed E-state index contributed by atoms with van der Waals surface area (Å²) < 4.78 is 20.3. The molecule has 0 aliphatic carbocycles. The Morgan fingerprint density at radius 2 is 1.89 bits per heavy atom. The Morgan fingerprint density at radius 1 is 1.14 bits per heavy atom. The van der Waals surface area contributed by atoms with Crippen molar-refractivity contribution in [3.05, 3.63) is 82.5 Å². The molecule has 4 aromatic rings. The van der Waals surface area contributed by atoms with Gasteiger partial charge in [0.25, 0.3) is 5.56 Å². The number of benzene rings is 2. The molecule has 28 heavy (non-hydrogen) atoms. The number of fused-ring (bicyclic) bond motifs is 1. The normalized spacial score (nSPS) is 12.2. The summed E-state index contributed by atoms with van der Waals surface area (Å²) in [5, 5.41) is 12.7. The number of aromatic nitrogens is 2. The van der Waals surface area contributed by atoms with Gasteiger partial charge in [-0.05, 0) is 17.7 Å². The minimum absolute atomic E-state index is 0.000300. The summed E-state index contributed by atoms with van der Waals surface area (Å²) in [5.41, 5.74) is 1.54. The van der Waals surface area contributed by atoms with E-state index in [0.29, 0.717) is 10.2 Å². The van der Waals surface area contributed by atoms with E-state index in [-0.39, 0.29) is 24.5 Å². The number of thiophene rings is 1. The van der Waals surface area contributed by atoms with Crippen molar-refractivity contribution < 1.29 is 14.2 Å². The number of halogens is 1. The number of rotatable bonds is 6. The highest BCUT2D eigenvalue weighted by atomic mass is 32.1. The minimum Gasteiger partial charge on any atom is -0.488 e. The van der Waals surface area contributed by atoms with Crippen LogP contribution in [-0.4, -0.2) is 27.4 Å². The maximum Gasteiger partial charge on any atom is 0.262 e. The Bertz CT molecular complexity index is 1160. The fourth-order valence-electron chi connectivity index (χ4n) is 2.96. The molecule has 1 atom stereocenters. The smallest absolute Gasteiger partial charge is 0.262 e. The third-order valence-corrected chi connectivity index (χ3v) is 5.21. The van der Waals surface area contributed by atoms with E-state index in [2.05, 4.69) is 4.98 Å². The molecule has 2 heterocycles. The van der Waals surface area contributed by atoms with Gasteiger partial charge < -0.3 is 9.84 Å². The summed E-state index contributed by atoms with van der Waals surface area (Å²) in [6.07, 6.45) is 0.429. The lowest BCUT2D eigenvalue weighted by atomic mass is 10.1. The SMILES string of the molecule is O=c1c2c(-c3ccccc3)csc2ncn1CC(O)COc1ccccc1F. The van der Waals surface area contributed by atoms with E-state index in [1.54, 1.807) is 12.1 Å². The molecule has 1 unspecified atom stereocenters. The third kappa shape index (κ3) is 3.67. The second-order valence-corrected chi connectivity index (χ2v) is 7.15. The number of hydrogen-bond acceptors (Lipinski definition) is 5. The average Bonchev–Trinajstić information content (AvgIpc) is 3.15. The lowest BCUT2D eigenvalue weighted by Gasteiger charge is -2.14. The first kappa shape index (κ1) is 18.3. The Hall–Kier alpha value is -3.03. The molecule has 4 rings (SSSR count). The van der Waals surface area contributed by atoms with Crippen LogP contribution in [0.3, 0.4) is 0 Å². The summed E-state index contributed by atoms with van der Waals surface area (Å²) in [7, 11) is 0. The van der Waals surface area contributed by atoms with Crippen molar-refractivity contribution in [2.24, 2.45) is 0 Å². The van der Waals surface area contributed by atoms with Crippen LogP contribution >= 0.6 is 11.3 Å². The van der Waals surface area contributed by atoms with E-state index in [1.165, 1.54) is 34.4 Å². The number of aliphatic hydroxyl groups is 1. The molecule has 0 saturated carbocycles. The molecule has 0 amide bonds. The predicted molar refractivity (Wildman–Crippen MR) is 107 cm³/mol. The highest BCUT2D eigenvalue weighted by molar-refractivity contribution is 7.17. The van der Waals surface area contributed by atoms with Gasteiger partial charge in [0.1, 0.15) is 17.5 Å². The molecule has 0 aliphatic rings. The molecule has 2 aromatic carbocycles. The molecule has 5 nitrogen and oxygen atoms in total. The van der Waals surface area contributed by atoms with Crippen LogP contribution in [0.15, 0.2) is 71.1 Å². The Morgan fingerprint density at radius 3 is 2.68 bits per heavy atom. The van der Waals surface area contributed by atoms with Gasteiger partial charge >= 0.3 is 0 Å². The molecule has 0 aliphatic heterocycles. The minimum atomic E-state index is -0.990. The molecular weight excluding hydrogens is 379 g/mol. The van der Waals surface area contributed by atoms with Crippen LogP contribution < -0.4 is 10.3 Å². The van der Waals surface area contributed by atoms with Crippen LogP contribution in [0.1, 0.15) is 0 Å². The second-order valence-electron chi connectivity index (χ2n) is 6.29. The highest BCUT2D eigenvalue weighted by Gasteiger charge is 2.15. The number of aliphatic hydroxyl groups excluding tert-OH is 1. The summed E-state index contributed by atoms with van der Waals surface area (Å²) >= 11 is 1.41. The zero-order valence-electron chi connectivity index (χ0n) is 14.8. The van der Waals surface area contributed by atoms with Crippen molar-refractivity contribution >= 4 is 21.6 Å². The van der Waals surface area contributed by atoms with E-state index in [1.807, 2.05) is 35.7 Å². The Labute approximate surface area is 164 Å². The van der Waals surface area contributed by atoms with E-state index < -0.39 is 11.9 Å². The zero-order valence-corrected chi connectivity index (χ0v) is 15.6. The molecule has 0 spiro atoms. The van der Waals surface area contributed by atoms with E-state index >= 15 is 0 Å². The lowest BCUT2D eigenvalue weighted by molar-refractivity contribution is 0.0895. The van der Waals surface area contributed by atoms with Gasteiger partial charge in [-0.1, -0.05) is 42.5 Å². The second kappa shape index (κ2) is 7.92. The summed E-state index contributed by atoms with van der Waals surface area (Å²) in [4.78, 5) is 18.0. The van der Waals surface area contributed by atoms with Gasteiger partial charge in [0.05, 0.1) is 18.3 Å². The average molecular weight is 396 g/mol. The van der Waals surface area contributed by atoms with Crippen LogP contribution in [-0.2, 0) is 6.54 Å². The summed E-state index contributed by atoms with van der Waals surface area (Å²) in [6.45, 7) is -0.138. The third-order valence-electron chi connectivity index (χ3n) is 4.32. The topological polar surface area (TPSA) is 64.4 Å². The zero-order chi connectivity index (χ0) is 19.5. The van der Waals surface area contributed by atoms with Gasteiger partial charge in [0.2, 0.25) is 0 Å². The standard InChI is InChI=1S/C21H17FN2O3S/c22-17-8-4-5-9-18(17)27-11-15(25)10-24-13-23-20-19(21(24)26)16(12-28-20)14-6-2-1-3-7-14/h1-9,12-13,15,25H,10-11H2. The van der Waals surface area contributed by atoms with Gasteiger partial charge in [0, 0.05) is 10.9 Å². The molecular formula is C21H17FN2O3S. The van der Waals surface area contributed by atoms with Crippen molar-refractivity contribution in [1.82, 2.24) is 9.55 Å². The molecule has 2 aromatic heterocycles. The molecule has 1 N–H and O–H groups in total. The molecule has 142 valence electrons. The summed E-state index contributed by atoms with van der Waals surface area (Å²) in [5.74, 6) is -0.438. The van der Waals surface area contributed by atoms with Crippen LogP contribution in [0.5, 0.6) is 5.75 Å². The highest BCUT2D eigenvalue weighted by Crippen LogP contribution is 2.30. The number of nitrogens with zero attached hydrogens (tertiary/aromatic N) is 2. The number of para-hydroxylation sites is 1. The molecule has 7 heteroatoms. The summed E-state index contributed by atoms with van der Waals surface area (Å²) in [6, 6.07) is 15.6. The van der Waals surface area contributed by atoms with E-state index in [9.17, 15) is 14.3 Å². The first-order valence-corrected chi connectivity index (χ1v) is 9.59. The first-order chi connectivity index (χ1) is 13.6. The van der Waals surface area contributed by atoms with Crippen LogP contribution in [0, 0.1) is 5.82 Å². The maximum absolute atomic E-state index is 13.6.